The Morgan fingerprint density at radius 1 is 1.36 bits per heavy atom. The Labute approximate surface area is 148 Å². The van der Waals surface area contributed by atoms with Gasteiger partial charge in [-0.05, 0) is 36.6 Å². The molecule has 25 heavy (non-hydrogen) atoms. The van der Waals surface area contributed by atoms with Gasteiger partial charge in [-0.2, -0.15) is 4.98 Å². The van der Waals surface area contributed by atoms with E-state index in [9.17, 15) is 0 Å². The molecule has 6 nitrogen and oxygen atoms in total. The third-order valence-corrected chi connectivity index (χ3v) is 4.89. The Balaban J connectivity index is 1.56. The zero-order valence-corrected chi connectivity index (χ0v) is 14.8. The molecule has 0 amide bonds. The number of hydrogen-bond acceptors (Lipinski definition) is 6. The highest BCUT2D eigenvalue weighted by atomic mass is 15.3. The van der Waals surface area contributed by atoms with Gasteiger partial charge in [0.05, 0.1) is 6.54 Å². The van der Waals surface area contributed by atoms with Gasteiger partial charge in [-0.3, -0.25) is 4.99 Å². The average molecular weight is 336 g/mol. The van der Waals surface area contributed by atoms with Crippen molar-refractivity contribution in [1.29, 1.82) is 0 Å². The first-order valence-electron chi connectivity index (χ1n) is 8.94. The number of rotatable bonds is 4. The molecular formula is C19H24N6. The first-order chi connectivity index (χ1) is 12.2. The van der Waals surface area contributed by atoms with Crippen molar-refractivity contribution in [1.82, 2.24) is 15.3 Å². The Bertz CT molecular complexity index is 800. The number of nitrogens with one attached hydrogen (secondary N) is 2. The third kappa shape index (κ3) is 3.35. The summed E-state index contributed by atoms with van der Waals surface area (Å²) in [4.78, 5) is 15.9. The van der Waals surface area contributed by atoms with Crippen LogP contribution in [0.3, 0.4) is 0 Å². The van der Waals surface area contributed by atoms with Gasteiger partial charge in [0.15, 0.2) is 0 Å². The topological polar surface area (TPSA) is 65.4 Å². The van der Waals surface area contributed by atoms with Crippen LogP contribution in [0.15, 0.2) is 29.4 Å². The molecule has 0 spiro atoms. The molecule has 2 aromatic rings. The van der Waals surface area contributed by atoms with E-state index in [1.165, 1.54) is 11.1 Å². The van der Waals surface area contributed by atoms with Gasteiger partial charge in [-0.25, -0.2) is 4.98 Å². The van der Waals surface area contributed by atoms with E-state index >= 15 is 0 Å². The monoisotopic (exact) mass is 336 g/mol. The number of aryl methyl sites for hydroxylation is 1. The molecule has 0 saturated carbocycles. The zero-order chi connectivity index (χ0) is 17.2. The van der Waals surface area contributed by atoms with Gasteiger partial charge in [0.1, 0.15) is 5.82 Å². The number of hydrogen-bond donors (Lipinski definition) is 2. The first-order valence-corrected chi connectivity index (χ1v) is 8.94. The van der Waals surface area contributed by atoms with Crippen LogP contribution in [0.2, 0.25) is 0 Å². The molecule has 130 valence electrons. The minimum Gasteiger partial charge on any atom is -0.340 e. The highest BCUT2D eigenvalue weighted by Gasteiger charge is 2.20. The number of benzene rings is 1. The lowest BCUT2D eigenvalue weighted by Gasteiger charge is -2.33. The Morgan fingerprint density at radius 3 is 3.16 bits per heavy atom. The van der Waals surface area contributed by atoms with E-state index in [-0.39, 0.29) is 0 Å². The van der Waals surface area contributed by atoms with Crippen molar-refractivity contribution in [2.45, 2.75) is 32.9 Å². The van der Waals surface area contributed by atoms with Gasteiger partial charge >= 0.3 is 0 Å². The van der Waals surface area contributed by atoms with Gasteiger partial charge in [0, 0.05) is 49.3 Å². The first kappa shape index (κ1) is 16.0. The fraction of sp³-hybridized carbons (Fsp3) is 0.421. The molecule has 1 fully saturated rings. The van der Waals surface area contributed by atoms with Crippen molar-refractivity contribution in [2.75, 3.05) is 29.9 Å². The number of aliphatic imine (C=N–C) groups is 1. The van der Waals surface area contributed by atoms with E-state index < -0.39 is 0 Å². The Hall–Kier alpha value is -2.47. The van der Waals surface area contributed by atoms with E-state index in [1.807, 2.05) is 19.3 Å². The van der Waals surface area contributed by atoms with Crippen LogP contribution in [0.5, 0.6) is 0 Å². The smallest absolute Gasteiger partial charge is 0.227 e. The molecule has 1 aromatic carbocycles. The summed E-state index contributed by atoms with van der Waals surface area (Å²) in [7, 11) is 0. The summed E-state index contributed by atoms with van der Waals surface area (Å²) in [5.74, 6) is 1.67. The molecule has 3 heterocycles. The third-order valence-electron chi connectivity index (χ3n) is 4.89. The Morgan fingerprint density at radius 2 is 2.28 bits per heavy atom. The van der Waals surface area contributed by atoms with Crippen LogP contribution in [0.4, 0.5) is 17.5 Å². The number of aromatic nitrogens is 2. The molecule has 1 saturated heterocycles. The van der Waals surface area contributed by atoms with Crippen LogP contribution in [0, 0.1) is 6.92 Å². The fourth-order valence-corrected chi connectivity index (χ4v) is 3.31. The van der Waals surface area contributed by atoms with Crippen LogP contribution in [0.25, 0.3) is 0 Å². The van der Waals surface area contributed by atoms with E-state index in [2.05, 4.69) is 50.6 Å². The lowest BCUT2D eigenvalue weighted by molar-refractivity contribution is 0.443. The van der Waals surface area contributed by atoms with Crippen LogP contribution in [-0.2, 0) is 6.54 Å². The highest BCUT2D eigenvalue weighted by molar-refractivity contribution is 5.86. The lowest BCUT2D eigenvalue weighted by Crippen LogP contribution is -2.51. The van der Waals surface area contributed by atoms with E-state index in [0.29, 0.717) is 6.04 Å². The summed E-state index contributed by atoms with van der Waals surface area (Å²) in [6.07, 6.45) is 4.96. The van der Waals surface area contributed by atoms with Crippen LogP contribution in [0.1, 0.15) is 30.0 Å². The summed E-state index contributed by atoms with van der Waals surface area (Å²) < 4.78 is 0. The molecule has 0 bridgehead atoms. The molecule has 0 aliphatic carbocycles. The Kier molecular flexibility index (Phi) is 4.36. The lowest BCUT2D eigenvalue weighted by atomic mass is 10.1. The van der Waals surface area contributed by atoms with Gasteiger partial charge in [0.2, 0.25) is 5.95 Å². The standard InChI is InChI=1S/C19H24N6/c1-3-16-12-25(7-6-21-16)19-22-9-13(2)18(24-19)23-17-5-4-14-10-20-11-15(14)8-17/h4-5,8-9,11,16,21H,3,6-7,10,12H2,1-2H3,(H,22,23,24). The minimum absolute atomic E-state index is 0.506. The van der Waals surface area contributed by atoms with Gasteiger partial charge < -0.3 is 15.5 Å². The second-order valence-corrected chi connectivity index (χ2v) is 6.72. The largest absolute Gasteiger partial charge is 0.340 e. The summed E-state index contributed by atoms with van der Waals surface area (Å²) in [6, 6.07) is 6.85. The summed E-state index contributed by atoms with van der Waals surface area (Å²) in [5.41, 5.74) is 4.54. The molecule has 2 aliphatic heterocycles. The van der Waals surface area contributed by atoms with Gasteiger partial charge in [-0.15, -0.1) is 0 Å². The minimum atomic E-state index is 0.506. The summed E-state index contributed by atoms with van der Waals surface area (Å²) in [5, 5.41) is 6.98. The predicted octanol–water partition coefficient (Wildman–Crippen LogP) is 2.65. The summed E-state index contributed by atoms with van der Waals surface area (Å²) >= 11 is 0. The fourth-order valence-electron chi connectivity index (χ4n) is 3.31. The van der Waals surface area contributed by atoms with Crippen LogP contribution in [-0.4, -0.2) is 41.9 Å². The van der Waals surface area contributed by atoms with Crippen molar-refractivity contribution < 1.29 is 0 Å². The molecule has 1 atom stereocenters. The van der Waals surface area contributed by atoms with Crippen molar-refractivity contribution in [2.24, 2.45) is 4.99 Å². The van der Waals surface area contributed by atoms with Crippen molar-refractivity contribution in [3.8, 4) is 0 Å². The second-order valence-electron chi connectivity index (χ2n) is 6.72. The maximum absolute atomic E-state index is 4.80. The van der Waals surface area contributed by atoms with Crippen molar-refractivity contribution in [3.63, 3.8) is 0 Å². The normalized spacial score (nSPS) is 19.1. The van der Waals surface area contributed by atoms with Gasteiger partial charge in [0.25, 0.3) is 0 Å². The number of fused-ring (bicyclic) bond motifs is 1. The van der Waals surface area contributed by atoms with Crippen LogP contribution < -0.4 is 15.5 Å². The quantitative estimate of drug-likeness (QED) is 0.898. The van der Waals surface area contributed by atoms with Gasteiger partial charge in [-0.1, -0.05) is 13.0 Å². The van der Waals surface area contributed by atoms with Crippen molar-refractivity contribution in [3.05, 3.63) is 41.1 Å². The maximum Gasteiger partial charge on any atom is 0.227 e. The molecule has 4 rings (SSSR count). The van der Waals surface area contributed by atoms with E-state index in [1.54, 1.807) is 0 Å². The molecule has 0 radical (unpaired) electrons. The maximum atomic E-state index is 4.80. The number of anilines is 3. The molecule has 2 aliphatic rings. The molecule has 2 N–H and O–H groups in total. The molecule has 1 aromatic heterocycles. The number of piperazine rings is 1. The second kappa shape index (κ2) is 6.80. The zero-order valence-electron chi connectivity index (χ0n) is 14.8. The molecule has 1 unspecified atom stereocenters. The SMILES string of the molecule is CCC1CN(c2ncc(C)c(Nc3ccc4c(c3)C=NC4)n2)CCN1. The predicted molar refractivity (Wildman–Crippen MR) is 102 cm³/mol. The number of nitrogens with zero attached hydrogens (tertiary/aromatic N) is 4. The molecular weight excluding hydrogens is 312 g/mol. The average Bonchev–Trinajstić information content (AvgIpc) is 3.11. The van der Waals surface area contributed by atoms with E-state index in [4.69, 9.17) is 4.98 Å². The van der Waals surface area contributed by atoms with E-state index in [0.717, 1.165) is 55.6 Å². The summed E-state index contributed by atoms with van der Waals surface area (Å²) in [6.45, 7) is 7.90. The molecule has 6 heteroatoms. The van der Waals surface area contributed by atoms with Crippen molar-refractivity contribution >= 4 is 23.7 Å². The van der Waals surface area contributed by atoms with Crippen LogP contribution >= 0.6 is 0 Å². The highest BCUT2D eigenvalue weighted by Crippen LogP contribution is 2.24.